The lowest BCUT2D eigenvalue weighted by Gasteiger charge is -2.06. The van der Waals surface area contributed by atoms with Gasteiger partial charge < -0.3 is 9.88 Å². The van der Waals surface area contributed by atoms with Gasteiger partial charge in [-0.1, -0.05) is 41.9 Å². The molecule has 0 saturated heterocycles. The number of nitrogens with zero attached hydrogens (tertiary/aromatic N) is 1. The maximum atomic E-state index is 13.7. The van der Waals surface area contributed by atoms with Gasteiger partial charge in [0.2, 0.25) is 5.91 Å². The lowest BCUT2D eigenvalue weighted by atomic mass is 10.2. The summed E-state index contributed by atoms with van der Waals surface area (Å²) in [6.07, 6.45) is 2.01. The van der Waals surface area contributed by atoms with Gasteiger partial charge >= 0.3 is 0 Å². The first-order valence-electron chi connectivity index (χ1n) is 9.19. The van der Waals surface area contributed by atoms with Crippen molar-refractivity contribution in [2.75, 3.05) is 11.1 Å². The minimum absolute atomic E-state index is 0.0350. The number of benzene rings is 3. The number of anilines is 1. The second-order valence-electron chi connectivity index (χ2n) is 6.73. The van der Waals surface area contributed by atoms with Crippen molar-refractivity contribution in [3.8, 4) is 0 Å². The van der Waals surface area contributed by atoms with Crippen molar-refractivity contribution in [3.05, 3.63) is 95.1 Å². The molecule has 3 aromatic carbocycles. The van der Waals surface area contributed by atoms with Crippen molar-refractivity contribution in [1.82, 2.24) is 4.57 Å². The first-order valence-corrected chi connectivity index (χ1v) is 10.6. The fourth-order valence-corrected chi connectivity index (χ4v) is 4.18. The average Bonchev–Trinajstić information content (AvgIpc) is 3.08. The smallest absolute Gasteiger partial charge is 0.234 e. The van der Waals surface area contributed by atoms with Crippen LogP contribution in [0.2, 0.25) is 5.02 Å². The van der Waals surface area contributed by atoms with Crippen LogP contribution in [0.25, 0.3) is 10.9 Å². The van der Waals surface area contributed by atoms with Gasteiger partial charge in [0.1, 0.15) is 11.6 Å². The molecule has 0 unspecified atom stereocenters. The molecule has 0 bridgehead atoms. The fraction of sp³-hybridized carbons (Fsp3) is 0.0870. The molecule has 0 aliphatic carbocycles. The van der Waals surface area contributed by atoms with E-state index in [1.54, 1.807) is 0 Å². The number of hydrogen-bond donors (Lipinski definition) is 1. The second-order valence-corrected chi connectivity index (χ2v) is 8.18. The number of carbonyl (C=O) groups excluding carboxylic acids is 1. The third kappa shape index (κ3) is 4.66. The third-order valence-electron chi connectivity index (χ3n) is 4.58. The molecule has 1 amide bonds. The Hall–Kier alpha value is -2.83. The number of rotatable bonds is 6. The fourth-order valence-electron chi connectivity index (χ4n) is 3.17. The Bertz CT molecular complexity index is 1210. The van der Waals surface area contributed by atoms with E-state index in [-0.39, 0.29) is 17.3 Å². The van der Waals surface area contributed by atoms with E-state index in [1.165, 1.54) is 17.8 Å². The molecular formula is C23H17ClF2N2OS. The van der Waals surface area contributed by atoms with Gasteiger partial charge in [0.25, 0.3) is 0 Å². The highest BCUT2D eigenvalue weighted by Crippen LogP contribution is 2.31. The number of carbonyl (C=O) groups is 1. The number of para-hydroxylation sites is 1. The summed E-state index contributed by atoms with van der Waals surface area (Å²) in [6.45, 7) is 0.672. The molecular weight excluding hydrogens is 426 g/mol. The van der Waals surface area contributed by atoms with Crippen molar-refractivity contribution < 1.29 is 13.6 Å². The predicted octanol–water partition coefficient (Wildman–Crippen LogP) is 6.35. The summed E-state index contributed by atoms with van der Waals surface area (Å²) >= 11 is 7.34. The Morgan fingerprint density at radius 3 is 2.57 bits per heavy atom. The molecule has 0 fully saturated rings. The molecule has 0 atom stereocenters. The first kappa shape index (κ1) is 20.4. The average molecular weight is 443 g/mol. The van der Waals surface area contributed by atoms with Crippen LogP contribution in [0.4, 0.5) is 14.5 Å². The summed E-state index contributed by atoms with van der Waals surface area (Å²) in [5.41, 5.74) is 2.13. The molecule has 152 valence electrons. The number of thioether (sulfide) groups is 1. The number of aromatic nitrogens is 1. The van der Waals surface area contributed by atoms with Gasteiger partial charge in [-0.3, -0.25) is 4.79 Å². The maximum Gasteiger partial charge on any atom is 0.234 e. The van der Waals surface area contributed by atoms with Gasteiger partial charge in [0.15, 0.2) is 0 Å². The van der Waals surface area contributed by atoms with Crippen LogP contribution in [0.3, 0.4) is 0 Å². The molecule has 3 nitrogen and oxygen atoms in total. The van der Waals surface area contributed by atoms with E-state index in [1.807, 2.05) is 54.7 Å². The van der Waals surface area contributed by atoms with Crippen molar-refractivity contribution in [2.45, 2.75) is 11.4 Å². The van der Waals surface area contributed by atoms with Crippen molar-refractivity contribution in [2.24, 2.45) is 0 Å². The van der Waals surface area contributed by atoms with E-state index in [0.29, 0.717) is 11.6 Å². The summed E-state index contributed by atoms with van der Waals surface area (Å²) in [7, 11) is 0. The Kier molecular flexibility index (Phi) is 6.06. The molecule has 4 aromatic rings. The van der Waals surface area contributed by atoms with Gasteiger partial charge in [0, 0.05) is 39.6 Å². The summed E-state index contributed by atoms with van der Waals surface area (Å²) < 4.78 is 28.9. The number of amides is 1. The highest BCUT2D eigenvalue weighted by Gasteiger charge is 2.13. The zero-order chi connectivity index (χ0) is 21.1. The molecule has 1 N–H and O–H groups in total. The van der Waals surface area contributed by atoms with Crippen LogP contribution >= 0.6 is 23.4 Å². The largest absolute Gasteiger partial charge is 0.342 e. The maximum absolute atomic E-state index is 13.7. The molecule has 0 spiro atoms. The molecule has 0 aliphatic rings. The number of halogens is 3. The van der Waals surface area contributed by atoms with Crippen LogP contribution in [-0.4, -0.2) is 16.2 Å². The molecule has 0 aliphatic heterocycles. The minimum atomic E-state index is -0.798. The molecule has 7 heteroatoms. The molecule has 1 heterocycles. The summed E-state index contributed by atoms with van der Waals surface area (Å²) in [5, 5.41) is 4.22. The van der Waals surface area contributed by atoms with E-state index in [0.717, 1.165) is 33.5 Å². The van der Waals surface area contributed by atoms with Crippen molar-refractivity contribution >= 4 is 45.9 Å². The molecule has 0 saturated carbocycles. The Labute approximate surface area is 181 Å². The number of nitrogens with one attached hydrogen (secondary N) is 1. The van der Waals surface area contributed by atoms with Gasteiger partial charge in [-0.25, -0.2) is 8.78 Å². The highest BCUT2D eigenvalue weighted by atomic mass is 35.5. The van der Waals surface area contributed by atoms with E-state index in [2.05, 4.69) is 9.88 Å². The molecule has 1 aromatic heterocycles. The van der Waals surface area contributed by atoms with Crippen LogP contribution in [0.15, 0.2) is 77.8 Å². The van der Waals surface area contributed by atoms with E-state index in [4.69, 9.17) is 11.6 Å². The second kappa shape index (κ2) is 8.90. The van der Waals surface area contributed by atoms with Gasteiger partial charge in [-0.2, -0.15) is 0 Å². The lowest BCUT2D eigenvalue weighted by molar-refractivity contribution is -0.113. The van der Waals surface area contributed by atoms with Gasteiger partial charge in [0.05, 0.1) is 11.4 Å². The number of hydrogen-bond acceptors (Lipinski definition) is 2. The SMILES string of the molecule is O=C(CSc1cn(Cc2ccc(Cl)cc2)c2ccccc12)Nc1ccc(F)cc1F. The molecule has 30 heavy (non-hydrogen) atoms. The third-order valence-corrected chi connectivity index (χ3v) is 5.88. The molecule has 0 radical (unpaired) electrons. The zero-order valence-corrected chi connectivity index (χ0v) is 17.3. The lowest BCUT2D eigenvalue weighted by Crippen LogP contribution is -2.15. The quantitative estimate of drug-likeness (QED) is 0.353. The van der Waals surface area contributed by atoms with Crippen molar-refractivity contribution in [3.63, 3.8) is 0 Å². The number of fused-ring (bicyclic) bond motifs is 1. The zero-order valence-electron chi connectivity index (χ0n) is 15.7. The van der Waals surface area contributed by atoms with Crippen LogP contribution in [0.1, 0.15) is 5.56 Å². The van der Waals surface area contributed by atoms with E-state index < -0.39 is 11.6 Å². The predicted molar refractivity (Wildman–Crippen MR) is 118 cm³/mol. The van der Waals surface area contributed by atoms with Crippen LogP contribution in [-0.2, 0) is 11.3 Å². The van der Waals surface area contributed by atoms with E-state index in [9.17, 15) is 13.6 Å². The highest BCUT2D eigenvalue weighted by molar-refractivity contribution is 8.00. The van der Waals surface area contributed by atoms with Crippen LogP contribution < -0.4 is 5.32 Å². The molecule has 4 rings (SSSR count). The normalized spacial score (nSPS) is 11.0. The first-order chi connectivity index (χ1) is 14.5. The van der Waals surface area contributed by atoms with Crippen LogP contribution in [0, 0.1) is 11.6 Å². The van der Waals surface area contributed by atoms with Gasteiger partial charge in [-0.15, -0.1) is 11.8 Å². The Morgan fingerprint density at radius 2 is 1.80 bits per heavy atom. The van der Waals surface area contributed by atoms with Crippen molar-refractivity contribution in [1.29, 1.82) is 0 Å². The van der Waals surface area contributed by atoms with E-state index >= 15 is 0 Å². The topological polar surface area (TPSA) is 34.0 Å². The Morgan fingerprint density at radius 1 is 1.03 bits per heavy atom. The minimum Gasteiger partial charge on any atom is -0.342 e. The van der Waals surface area contributed by atoms with Gasteiger partial charge in [-0.05, 0) is 35.9 Å². The summed E-state index contributed by atoms with van der Waals surface area (Å²) in [5.74, 6) is -1.74. The van der Waals surface area contributed by atoms with Crippen LogP contribution in [0.5, 0.6) is 0 Å². The Balaban J connectivity index is 1.50. The summed E-state index contributed by atoms with van der Waals surface area (Å²) in [6, 6.07) is 18.7. The standard InChI is InChI=1S/C23H17ClF2N2OS/c24-16-7-5-15(6-8-16)12-28-13-22(18-3-1-2-4-21(18)28)30-14-23(29)27-20-10-9-17(25)11-19(20)26/h1-11,13H,12,14H2,(H,27,29). The monoisotopic (exact) mass is 442 g/mol. The summed E-state index contributed by atoms with van der Waals surface area (Å²) in [4.78, 5) is 13.2.